The summed E-state index contributed by atoms with van der Waals surface area (Å²) >= 11 is 0. The summed E-state index contributed by atoms with van der Waals surface area (Å²) in [5, 5.41) is 16.6. The van der Waals surface area contributed by atoms with E-state index in [4.69, 9.17) is 0 Å². The Labute approximate surface area is 129 Å². The molecule has 0 spiro atoms. The largest absolute Gasteiger partial charge is 0.393 e. The van der Waals surface area contributed by atoms with E-state index in [9.17, 15) is 5.11 Å². The molecule has 4 heteroatoms. The minimum absolute atomic E-state index is 0.140. The van der Waals surface area contributed by atoms with Crippen LogP contribution >= 0.6 is 0 Å². The van der Waals surface area contributed by atoms with Crippen LogP contribution in [0.5, 0.6) is 0 Å². The Morgan fingerprint density at radius 1 is 1.10 bits per heavy atom. The van der Waals surface area contributed by atoms with Crippen LogP contribution in [0.1, 0.15) is 64.7 Å². The number of guanidine groups is 1. The summed E-state index contributed by atoms with van der Waals surface area (Å²) in [5.41, 5.74) is 0. The Morgan fingerprint density at radius 2 is 1.90 bits per heavy atom. The summed E-state index contributed by atoms with van der Waals surface area (Å²) in [6, 6.07) is 0. The smallest absolute Gasteiger partial charge is 0.191 e. The topological polar surface area (TPSA) is 56.7 Å². The van der Waals surface area contributed by atoms with Crippen molar-refractivity contribution in [1.29, 1.82) is 0 Å². The summed E-state index contributed by atoms with van der Waals surface area (Å²) in [7, 11) is 0. The molecule has 0 aromatic carbocycles. The zero-order valence-corrected chi connectivity index (χ0v) is 13.6. The van der Waals surface area contributed by atoms with Crippen LogP contribution in [0.25, 0.3) is 0 Å². The van der Waals surface area contributed by atoms with Crippen molar-refractivity contribution in [2.24, 2.45) is 16.8 Å². The highest BCUT2D eigenvalue weighted by molar-refractivity contribution is 5.79. The number of aliphatic imine (C=N–C) groups is 1. The number of nitrogens with zero attached hydrogens (tertiary/aromatic N) is 1. The molecule has 0 amide bonds. The number of hydrogen-bond acceptors (Lipinski definition) is 2. The van der Waals surface area contributed by atoms with E-state index in [0.29, 0.717) is 5.92 Å². The molecule has 21 heavy (non-hydrogen) atoms. The van der Waals surface area contributed by atoms with Gasteiger partial charge in [-0.05, 0) is 38.5 Å². The van der Waals surface area contributed by atoms with Gasteiger partial charge in [0.15, 0.2) is 5.96 Å². The number of nitrogens with one attached hydrogen (secondary N) is 2. The Morgan fingerprint density at radius 3 is 2.57 bits per heavy atom. The summed E-state index contributed by atoms with van der Waals surface area (Å²) in [5.74, 6) is 2.25. The highest BCUT2D eigenvalue weighted by Gasteiger charge is 2.24. The number of rotatable bonds is 7. The Balaban J connectivity index is 1.65. The maximum atomic E-state index is 9.86. The minimum Gasteiger partial charge on any atom is -0.393 e. The molecule has 2 fully saturated rings. The number of aliphatic hydroxyl groups is 1. The summed E-state index contributed by atoms with van der Waals surface area (Å²) in [6.45, 7) is 4.75. The fraction of sp³-hybridized carbons (Fsp3) is 0.941. The van der Waals surface area contributed by atoms with Gasteiger partial charge in [0.1, 0.15) is 0 Å². The molecule has 0 heterocycles. The van der Waals surface area contributed by atoms with Gasteiger partial charge < -0.3 is 15.7 Å². The zero-order chi connectivity index (χ0) is 14.9. The minimum atomic E-state index is -0.140. The van der Waals surface area contributed by atoms with E-state index in [0.717, 1.165) is 50.8 Å². The van der Waals surface area contributed by atoms with Crippen LogP contribution in [-0.4, -0.2) is 36.8 Å². The second kappa shape index (κ2) is 9.29. The molecule has 2 aliphatic carbocycles. The first-order chi connectivity index (χ1) is 10.3. The van der Waals surface area contributed by atoms with Crippen LogP contribution in [0.3, 0.4) is 0 Å². The molecule has 2 unspecified atom stereocenters. The van der Waals surface area contributed by atoms with Crippen molar-refractivity contribution in [3.63, 3.8) is 0 Å². The van der Waals surface area contributed by atoms with Crippen LogP contribution in [0, 0.1) is 11.8 Å². The van der Waals surface area contributed by atoms with Gasteiger partial charge in [0.2, 0.25) is 0 Å². The molecular formula is C17H33N3O. The van der Waals surface area contributed by atoms with Gasteiger partial charge >= 0.3 is 0 Å². The lowest BCUT2D eigenvalue weighted by molar-refractivity contribution is 0.136. The summed E-state index contributed by atoms with van der Waals surface area (Å²) < 4.78 is 0. The molecule has 0 aromatic rings. The third-order valence-corrected chi connectivity index (χ3v) is 5.00. The lowest BCUT2D eigenvalue weighted by Gasteiger charge is -2.15. The van der Waals surface area contributed by atoms with Gasteiger partial charge in [-0.2, -0.15) is 0 Å². The molecule has 0 bridgehead atoms. The molecule has 0 saturated heterocycles. The molecule has 122 valence electrons. The molecule has 2 aliphatic rings. The first-order valence-corrected chi connectivity index (χ1v) is 9.00. The van der Waals surface area contributed by atoms with Crippen molar-refractivity contribution in [2.75, 3.05) is 19.6 Å². The van der Waals surface area contributed by atoms with E-state index in [1.165, 1.54) is 38.5 Å². The zero-order valence-electron chi connectivity index (χ0n) is 13.6. The molecule has 2 atom stereocenters. The van der Waals surface area contributed by atoms with Crippen LogP contribution < -0.4 is 10.6 Å². The molecule has 3 N–H and O–H groups in total. The average Bonchev–Trinajstić information content (AvgIpc) is 3.12. The van der Waals surface area contributed by atoms with Gasteiger partial charge in [0.25, 0.3) is 0 Å². The summed E-state index contributed by atoms with van der Waals surface area (Å²) in [6.07, 6.45) is 11.4. The van der Waals surface area contributed by atoms with Gasteiger partial charge in [-0.25, -0.2) is 0 Å². The second-order valence-corrected chi connectivity index (χ2v) is 6.70. The van der Waals surface area contributed by atoms with E-state index < -0.39 is 0 Å². The predicted octanol–water partition coefficient (Wildman–Crippen LogP) is 2.67. The van der Waals surface area contributed by atoms with E-state index in [1.807, 2.05) is 0 Å². The monoisotopic (exact) mass is 295 g/mol. The SMILES string of the molecule is CCNC(=NCC1CCCC1O)NCCCC1CCCC1. The molecule has 0 radical (unpaired) electrons. The van der Waals surface area contributed by atoms with Crippen molar-refractivity contribution in [3.05, 3.63) is 0 Å². The average molecular weight is 295 g/mol. The van der Waals surface area contributed by atoms with E-state index in [-0.39, 0.29) is 6.10 Å². The first-order valence-electron chi connectivity index (χ1n) is 9.00. The molecule has 2 saturated carbocycles. The fourth-order valence-electron chi connectivity index (χ4n) is 3.68. The van der Waals surface area contributed by atoms with Gasteiger partial charge in [0, 0.05) is 25.6 Å². The molecule has 0 aromatic heterocycles. The van der Waals surface area contributed by atoms with Crippen LogP contribution in [0.2, 0.25) is 0 Å². The molecule has 4 nitrogen and oxygen atoms in total. The van der Waals surface area contributed by atoms with Crippen LogP contribution in [0.15, 0.2) is 4.99 Å². The van der Waals surface area contributed by atoms with Gasteiger partial charge in [-0.3, -0.25) is 4.99 Å². The van der Waals surface area contributed by atoms with Crippen molar-refractivity contribution in [3.8, 4) is 0 Å². The first kappa shape index (κ1) is 16.6. The highest BCUT2D eigenvalue weighted by Crippen LogP contribution is 2.28. The molecule has 0 aliphatic heterocycles. The molecule has 2 rings (SSSR count). The highest BCUT2D eigenvalue weighted by atomic mass is 16.3. The molecular weight excluding hydrogens is 262 g/mol. The second-order valence-electron chi connectivity index (χ2n) is 6.70. The van der Waals surface area contributed by atoms with Crippen molar-refractivity contribution in [1.82, 2.24) is 10.6 Å². The van der Waals surface area contributed by atoms with E-state index >= 15 is 0 Å². The number of aliphatic hydroxyl groups excluding tert-OH is 1. The third-order valence-electron chi connectivity index (χ3n) is 5.00. The van der Waals surface area contributed by atoms with Crippen molar-refractivity contribution >= 4 is 5.96 Å². The fourth-order valence-corrected chi connectivity index (χ4v) is 3.68. The maximum absolute atomic E-state index is 9.86. The number of hydrogen-bond donors (Lipinski definition) is 3. The Kier molecular flexibility index (Phi) is 7.34. The van der Waals surface area contributed by atoms with Gasteiger partial charge in [-0.1, -0.05) is 32.1 Å². The van der Waals surface area contributed by atoms with E-state index in [2.05, 4.69) is 22.5 Å². The van der Waals surface area contributed by atoms with Gasteiger partial charge in [0.05, 0.1) is 6.10 Å². The Hall–Kier alpha value is -0.770. The van der Waals surface area contributed by atoms with Crippen molar-refractivity contribution < 1.29 is 5.11 Å². The maximum Gasteiger partial charge on any atom is 0.191 e. The quantitative estimate of drug-likeness (QED) is 0.384. The standard InChI is InChI=1S/C17H33N3O/c1-2-18-17(20-13-15-10-5-11-16(15)21)19-12-6-9-14-7-3-4-8-14/h14-16,21H,2-13H2,1H3,(H2,18,19,20). The predicted molar refractivity (Wildman–Crippen MR) is 88.5 cm³/mol. The lowest BCUT2D eigenvalue weighted by atomic mass is 10.0. The third kappa shape index (κ3) is 5.85. The normalized spacial score (nSPS) is 27.2. The van der Waals surface area contributed by atoms with Gasteiger partial charge in [-0.15, -0.1) is 0 Å². The van der Waals surface area contributed by atoms with Crippen LogP contribution in [0.4, 0.5) is 0 Å². The summed E-state index contributed by atoms with van der Waals surface area (Å²) in [4.78, 5) is 4.65. The van der Waals surface area contributed by atoms with Crippen LogP contribution in [-0.2, 0) is 0 Å². The van der Waals surface area contributed by atoms with Crippen molar-refractivity contribution in [2.45, 2.75) is 70.8 Å². The van der Waals surface area contributed by atoms with E-state index in [1.54, 1.807) is 0 Å². The Bertz CT molecular complexity index is 313. The lowest BCUT2D eigenvalue weighted by Crippen LogP contribution is -2.38.